The zero-order valence-corrected chi connectivity index (χ0v) is 13.5. The van der Waals surface area contributed by atoms with Crippen LogP contribution in [0.4, 0.5) is 17.1 Å². The van der Waals surface area contributed by atoms with Crippen LogP contribution in [0.25, 0.3) is 0 Å². The number of hydrogen-bond donors (Lipinski definition) is 0. The zero-order valence-electron chi connectivity index (χ0n) is 13.5. The zero-order chi connectivity index (χ0) is 20.6. The van der Waals surface area contributed by atoms with Gasteiger partial charge in [0.1, 0.15) is 0 Å². The van der Waals surface area contributed by atoms with Crippen molar-refractivity contribution in [2.24, 2.45) is 0 Å². The number of terminal acetylenes is 3. The van der Waals surface area contributed by atoms with Crippen LogP contribution in [-0.4, -0.2) is 14.8 Å². The molecule has 0 spiro atoms. The fourth-order valence-corrected chi connectivity index (χ4v) is 1.77. The third-order valence-corrected chi connectivity index (χ3v) is 2.95. The van der Waals surface area contributed by atoms with Crippen LogP contribution in [0.15, 0.2) is 36.4 Å². The summed E-state index contributed by atoms with van der Waals surface area (Å²) >= 11 is 0. The van der Waals surface area contributed by atoms with E-state index in [1.165, 1.54) is 0 Å². The van der Waals surface area contributed by atoms with E-state index >= 15 is 0 Å². The van der Waals surface area contributed by atoms with E-state index in [0.29, 0.717) is 18.2 Å². The van der Waals surface area contributed by atoms with Gasteiger partial charge in [0.2, 0.25) is 0 Å². The second-order valence-corrected chi connectivity index (χ2v) is 4.71. The van der Waals surface area contributed by atoms with Gasteiger partial charge >= 0.3 is 0 Å². The molecule has 0 aliphatic carbocycles. The number of benzene rings is 2. The van der Waals surface area contributed by atoms with Crippen LogP contribution in [0.1, 0.15) is 16.7 Å². The van der Waals surface area contributed by atoms with Crippen LogP contribution in [0.2, 0.25) is 0 Å². The average Bonchev–Trinajstić information content (AvgIpc) is 2.67. The average molecular weight is 363 g/mol. The van der Waals surface area contributed by atoms with Crippen LogP contribution in [0.5, 0.6) is 0 Å². The molecule has 2 aromatic rings. The predicted octanol–water partition coefficient (Wildman–Crippen LogP) is 3.04. The first-order chi connectivity index (χ1) is 12.7. The molecule has 0 aliphatic rings. The minimum Gasteiger partial charge on any atom is -0.258 e. The van der Waals surface area contributed by atoms with Crippen molar-refractivity contribution in [3.05, 3.63) is 83.4 Å². The van der Waals surface area contributed by atoms with E-state index in [4.69, 9.17) is 19.3 Å². The van der Waals surface area contributed by atoms with Gasteiger partial charge in [-0.1, -0.05) is 17.8 Å². The lowest BCUT2D eigenvalue weighted by Crippen LogP contribution is -1.96. The number of nitro groups is 3. The van der Waals surface area contributed by atoms with Crippen LogP contribution >= 0.6 is 0 Å². The van der Waals surface area contributed by atoms with Crippen molar-refractivity contribution in [1.82, 2.24) is 0 Å². The Balaban J connectivity index is 0.000000277. The number of hydrogen-bond acceptors (Lipinski definition) is 6. The number of non-ortho nitro benzene ring substituents is 3. The maximum absolute atomic E-state index is 10.3. The molecule has 0 atom stereocenters. The van der Waals surface area contributed by atoms with Gasteiger partial charge in [0, 0.05) is 16.7 Å². The SMILES string of the molecule is C#Cc1cc(C#C)cc(C#C)c1.O=[N+]([O-])c1cc([N+](=O)[O-])cc([N+](=O)[O-])c1. The second kappa shape index (κ2) is 8.97. The van der Waals surface area contributed by atoms with Gasteiger partial charge in [0.25, 0.3) is 17.1 Å². The molecule has 0 fully saturated rings. The maximum atomic E-state index is 10.3. The lowest BCUT2D eigenvalue weighted by atomic mass is 10.1. The summed E-state index contributed by atoms with van der Waals surface area (Å²) in [5.41, 5.74) is 0.109. The van der Waals surface area contributed by atoms with Gasteiger partial charge in [-0.05, 0) is 18.2 Å². The molecule has 0 saturated carbocycles. The molecule has 0 bridgehead atoms. The summed E-state index contributed by atoms with van der Waals surface area (Å²) in [6, 6.07) is 7.23. The maximum Gasteiger partial charge on any atom is 0.283 e. The van der Waals surface area contributed by atoms with E-state index in [1.54, 1.807) is 18.2 Å². The van der Waals surface area contributed by atoms with E-state index in [1.807, 2.05) is 0 Å². The highest BCUT2D eigenvalue weighted by Gasteiger charge is 2.21. The van der Waals surface area contributed by atoms with Gasteiger partial charge in [-0.3, -0.25) is 30.3 Å². The lowest BCUT2D eigenvalue weighted by molar-refractivity contribution is -0.403. The molecule has 0 aromatic heterocycles. The van der Waals surface area contributed by atoms with Gasteiger partial charge in [-0.2, -0.15) is 0 Å². The third kappa shape index (κ3) is 5.71. The Morgan fingerprint density at radius 3 is 0.926 bits per heavy atom. The predicted molar refractivity (Wildman–Crippen MR) is 96.7 cm³/mol. The Bertz CT molecular complexity index is 896. The van der Waals surface area contributed by atoms with Crippen molar-refractivity contribution in [3.63, 3.8) is 0 Å². The van der Waals surface area contributed by atoms with E-state index in [-0.39, 0.29) is 0 Å². The molecule has 9 heteroatoms. The monoisotopic (exact) mass is 363 g/mol. The Hall–Kier alpha value is -4.68. The molecule has 0 unspecified atom stereocenters. The Morgan fingerprint density at radius 2 is 0.778 bits per heavy atom. The molecule has 2 rings (SSSR count). The molecule has 0 heterocycles. The smallest absolute Gasteiger partial charge is 0.258 e. The highest BCUT2D eigenvalue weighted by molar-refractivity contribution is 5.52. The lowest BCUT2D eigenvalue weighted by Gasteiger charge is -1.95. The molecular formula is C18H9N3O6. The van der Waals surface area contributed by atoms with Crippen LogP contribution in [-0.2, 0) is 0 Å². The molecule has 0 radical (unpaired) electrons. The molecule has 0 aliphatic heterocycles. The summed E-state index contributed by atoms with van der Waals surface area (Å²) in [5, 5.41) is 30.9. The Morgan fingerprint density at radius 1 is 0.556 bits per heavy atom. The standard InChI is InChI=1S/C12H6.C6H3N3O6/c1-4-10-7-11(5-2)9-12(6-3)8-10;10-7(11)4-1-5(8(12)13)3-6(2-4)9(14)15/h1-3,7-9H;1-3H. The minimum absolute atomic E-state index is 0.660. The topological polar surface area (TPSA) is 129 Å². The van der Waals surface area contributed by atoms with Crippen molar-refractivity contribution in [2.45, 2.75) is 0 Å². The van der Waals surface area contributed by atoms with Gasteiger partial charge in [0.15, 0.2) is 0 Å². The first-order valence-electron chi connectivity index (χ1n) is 6.85. The molecule has 2 aromatic carbocycles. The van der Waals surface area contributed by atoms with Crippen LogP contribution in [0, 0.1) is 67.4 Å². The van der Waals surface area contributed by atoms with E-state index in [9.17, 15) is 30.3 Å². The Labute approximate surface area is 153 Å². The summed E-state index contributed by atoms with van der Waals surface area (Å²) in [6.07, 6.45) is 15.6. The highest BCUT2D eigenvalue weighted by atomic mass is 16.6. The van der Waals surface area contributed by atoms with Crippen molar-refractivity contribution in [3.8, 4) is 37.0 Å². The first kappa shape index (κ1) is 20.4. The number of rotatable bonds is 3. The van der Waals surface area contributed by atoms with Gasteiger partial charge < -0.3 is 0 Å². The molecule has 132 valence electrons. The molecule has 9 nitrogen and oxygen atoms in total. The molecule has 0 N–H and O–H groups in total. The molecule has 27 heavy (non-hydrogen) atoms. The Kier molecular flexibility index (Phi) is 6.77. The van der Waals surface area contributed by atoms with Crippen molar-refractivity contribution < 1.29 is 14.8 Å². The molecule has 0 saturated heterocycles. The van der Waals surface area contributed by atoms with Crippen molar-refractivity contribution in [1.29, 1.82) is 0 Å². The molecule has 0 amide bonds. The first-order valence-corrected chi connectivity index (χ1v) is 6.85. The summed E-state index contributed by atoms with van der Waals surface area (Å²) in [7, 11) is 0. The number of nitrogens with zero attached hydrogens (tertiary/aromatic N) is 3. The van der Waals surface area contributed by atoms with Gasteiger partial charge in [-0.15, -0.1) is 19.3 Å². The largest absolute Gasteiger partial charge is 0.283 e. The number of nitro benzene ring substituents is 3. The fraction of sp³-hybridized carbons (Fsp3) is 0. The third-order valence-electron chi connectivity index (χ3n) is 2.95. The van der Waals surface area contributed by atoms with Crippen LogP contribution in [0.3, 0.4) is 0 Å². The van der Waals surface area contributed by atoms with Crippen LogP contribution < -0.4 is 0 Å². The summed E-state index contributed by atoms with van der Waals surface area (Å²) in [6.45, 7) is 0. The normalized spacial score (nSPS) is 8.78. The summed E-state index contributed by atoms with van der Waals surface area (Å²) in [4.78, 5) is 28.1. The van der Waals surface area contributed by atoms with Gasteiger partial charge in [-0.25, -0.2) is 0 Å². The van der Waals surface area contributed by atoms with E-state index in [0.717, 1.165) is 16.7 Å². The second-order valence-electron chi connectivity index (χ2n) is 4.71. The van der Waals surface area contributed by atoms with Gasteiger partial charge in [0.05, 0.1) is 33.0 Å². The minimum atomic E-state index is -0.931. The van der Waals surface area contributed by atoms with E-state index in [2.05, 4.69) is 17.8 Å². The highest BCUT2D eigenvalue weighted by Crippen LogP contribution is 2.26. The quantitative estimate of drug-likeness (QED) is 0.468. The summed E-state index contributed by atoms with van der Waals surface area (Å²) in [5.74, 6) is 7.46. The molecular weight excluding hydrogens is 354 g/mol. The van der Waals surface area contributed by atoms with Crippen molar-refractivity contribution >= 4 is 17.1 Å². The van der Waals surface area contributed by atoms with Crippen molar-refractivity contribution in [2.75, 3.05) is 0 Å². The fourth-order valence-electron chi connectivity index (χ4n) is 1.77. The summed E-state index contributed by atoms with van der Waals surface area (Å²) < 4.78 is 0. The van der Waals surface area contributed by atoms with E-state index < -0.39 is 31.8 Å².